The van der Waals surface area contributed by atoms with Crippen LogP contribution in [-0.4, -0.2) is 13.2 Å². The van der Waals surface area contributed by atoms with Crippen molar-refractivity contribution in [3.63, 3.8) is 0 Å². The molecule has 1 nitrogen and oxygen atoms in total. The second-order valence-electron chi connectivity index (χ2n) is 4.63. The Bertz CT molecular complexity index is 218. The zero-order valence-electron chi connectivity index (χ0n) is 10.2. The van der Waals surface area contributed by atoms with Gasteiger partial charge in [0.05, 0.1) is 5.92 Å². The molecule has 0 bridgehead atoms. The Morgan fingerprint density at radius 3 is 2.38 bits per heavy atom. The Balaban J connectivity index is 2.28. The van der Waals surface area contributed by atoms with E-state index in [2.05, 4.69) is 10.8 Å². The van der Waals surface area contributed by atoms with Crippen LogP contribution in [0.15, 0.2) is 12.2 Å². The first-order valence-electron chi connectivity index (χ1n) is 6.14. The quantitative estimate of drug-likeness (QED) is 0.639. The molecule has 0 aromatic carbocycles. The maximum absolute atomic E-state index is 13.2. The fourth-order valence-corrected chi connectivity index (χ4v) is 2.45. The SMILES string of the molecule is C/C=C/CCC1CCC(C(F)(F)OC)CC1. The highest BCUT2D eigenvalue weighted by Gasteiger charge is 2.41. The summed E-state index contributed by atoms with van der Waals surface area (Å²) in [6, 6.07) is 0. The maximum Gasteiger partial charge on any atom is 0.358 e. The third kappa shape index (κ3) is 3.85. The molecule has 0 unspecified atom stereocenters. The van der Waals surface area contributed by atoms with E-state index >= 15 is 0 Å². The van der Waals surface area contributed by atoms with Crippen molar-refractivity contribution in [1.29, 1.82) is 0 Å². The van der Waals surface area contributed by atoms with Crippen molar-refractivity contribution in [2.24, 2.45) is 11.8 Å². The van der Waals surface area contributed by atoms with E-state index in [0.29, 0.717) is 18.8 Å². The van der Waals surface area contributed by atoms with Crippen molar-refractivity contribution in [2.45, 2.75) is 51.6 Å². The van der Waals surface area contributed by atoms with Gasteiger partial charge in [0, 0.05) is 7.11 Å². The van der Waals surface area contributed by atoms with Gasteiger partial charge in [0.25, 0.3) is 0 Å². The van der Waals surface area contributed by atoms with E-state index in [9.17, 15) is 8.78 Å². The summed E-state index contributed by atoms with van der Waals surface area (Å²) in [5, 5.41) is 0. The van der Waals surface area contributed by atoms with Crippen LogP contribution < -0.4 is 0 Å². The standard InChI is InChI=1S/C13H22F2O/c1-3-4-5-6-11-7-9-12(10-8-11)13(14,15)16-2/h3-4,11-12H,5-10H2,1-2H3/b4-3+. The van der Waals surface area contributed by atoms with E-state index < -0.39 is 12.0 Å². The number of methoxy groups -OCH3 is 1. The topological polar surface area (TPSA) is 9.23 Å². The fraction of sp³-hybridized carbons (Fsp3) is 0.846. The lowest BCUT2D eigenvalue weighted by Crippen LogP contribution is -2.33. The summed E-state index contributed by atoms with van der Waals surface area (Å²) in [6.45, 7) is 2.01. The number of alkyl halides is 2. The zero-order valence-corrected chi connectivity index (χ0v) is 10.2. The molecule has 0 amide bonds. The largest absolute Gasteiger partial charge is 0.358 e. The van der Waals surface area contributed by atoms with Gasteiger partial charge in [-0.2, -0.15) is 8.78 Å². The molecule has 0 N–H and O–H groups in total. The van der Waals surface area contributed by atoms with E-state index in [1.807, 2.05) is 13.0 Å². The highest BCUT2D eigenvalue weighted by Crippen LogP contribution is 2.40. The van der Waals surface area contributed by atoms with E-state index in [1.54, 1.807) is 0 Å². The molecule has 0 saturated heterocycles. The Labute approximate surface area is 96.9 Å². The van der Waals surface area contributed by atoms with Crippen LogP contribution in [0.4, 0.5) is 8.78 Å². The van der Waals surface area contributed by atoms with Crippen LogP contribution in [0.5, 0.6) is 0 Å². The van der Waals surface area contributed by atoms with E-state index in [0.717, 1.165) is 32.8 Å². The van der Waals surface area contributed by atoms with E-state index in [4.69, 9.17) is 0 Å². The average Bonchev–Trinajstić information content (AvgIpc) is 2.30. The van der Waals surface area contributed by atoms with Gasteiger partial charge in [-0.05, 0) is 51.4 Å². The van der Waals surface area contributed by atoms with Gasteiger partial charge in [0.15, 0.2) is 0 Å². The van der Waals surface area contributed by atoms with Crippen molar-refractivity contribution >= 4 is 0 Å². The van der Waals surface area contributed by atoms with Crippen LogP contribution in [0.1, 0.15) is 45.4 Å². The van der Waals surface area contributed by atoms with Crippen LogP contribution in [0.25, 0.3) is 0 Å². The molecule has 0 atom stereocenters. The van der Waals surface area contributed by atoms with Crippen molar-refractivity contribution < 1.29 is 13.5 Å². The zero-order chi connectivity index (χ0) is 12.0. The van der Waals surface area contributed by atoms with Crippen molar-refractivity contribution in [3.05, 3.63) is 12.2 Å². The highest BCUT2D eigenvalue weighted by molar-refractivity contribution is 4.81. The molecule has 3 heteroatoms. The second-order valence-corrected chi connectivity index (χ2v) is 4.63. The molecular formula is C13H22F2O. The minimum atomic E-state index is -2.92. The summed E-state index contributed by atoms with van der Waals surface area (Å²) < 4.78 is 30.7. The molecule has 0 heterocycles. The monoisotopic (exact) mass is 232 g/mol. The lowest BCUT2D eigenvalue weighted by Gasteiger charge is -2.32. The Hall–Kier alpha value is -0.440. The molecule has 1 fully saturated rings. The molecule has 1 aliphatic carbocycles. The number of hydrogen-bond donors (Lipinski definition) is 0. The molecule has 1 rings (SSSR count). The number of allylic oxidation sites excluding steroid dienone is 2. The van der Waals surface area contributed by atoms with Crippen LogP contribution in [0.3, 0.4) is 0 Å². The van der Waals surface area contributed by atoms with Crippen LogP contribution in [0.2, 0.25) is 0 Å². The van der Waals surface area contributed by atoms with Crippen molar-refractivity contribution in [3.8, 4) is 0 Å². The van der Waals surface area contributed by atoms with E-state index in [1.165, 1.54) is 0 Å². The second kappa shape index (κ2) is 6.33. The summed E-state index contributed by atoms with van der Waals surface area (Å²) in [4.78, 5) is 0. The molecule has 0 spiro atoms. The van der Waals surface area contributed by atoms with E-state index in [-0.39, 0.29) is 0 Å². The van der Waals surface area contributed by atoms with Gasteiger partial charge in [-0.25, -0.2) is 0 Å². The molecule has 0 aromatic rings. The fourth-order valence-electron chi connectivity index (χ4n) is 2.45. The number of halogens is 2. The van der Waals surface area contributed by atoms with Crippen LogP contribution in [-0.2, 0) is 4.74 Å². The Morgan fingerprint density at radius 1 is 1.25 bits per heavy atom. The van der Waals surface area contributed by atoms with Crippen molar-refractivity contribution in [1.82, 2.24) is 0 Å². The smallest absolute Gasteiger partial charge is 0.324 e. The molecule has 0 aliphatic heterocycles. The van der Waals surface area contributed by atoms with Gasteiger partial charge in [-0.15, -0.1) is 0 Å². The first kappa shape index (κ1) is 13.6. The molecule has 1 saturated carbocycles. The van der Waals surface area contributed by atoms with Crippen molar-refractivity contribution in [2.75, 3.05) is 7.11 Å². The molecule has 94 valence electrons. The Morgan fingerprint density at radius 2 is 1.88 bits per heavy atom. The third-order valence-corrected chi connectivity index (χ3v) is 3.57. The maximum atomic E-state index is 13.2. The van der Waals surface area contributed by atoms with Gasteiger partial charge in [-0.3, -0.25) is 0 Å². The minimum absolute atomic E-state index is 0.574. The summed E-state index contributed by atoms with van der Waals surface area (Å²) in [5.41, 5.74) is 0. The van der Waals surface area contributed by atoms with Gasteiger partial charge in [-0.1, -0.05) is 12.2 Å². The lowest BCUT2D eigenvalue weighted by molar-refractivity contribution is -0.262. The molecule has 1 aliphatic rings. The highest BCUT2D eigenvalue weighted by atomic mass is 19.3. The van der Waals surface area contributed by atoms with Gasteiger partial charge in [0.1, 0.15) is 0 Å². The average molecular weight is 232 g/mol. The number of ether oxygens (including phenoxy) is 1. The third-order valence-electron chi connectivity index (χ3n) is 3.57. The predicted molar refractivity (Wildman–Crippen MR) is 61.5 cm³/mol. The molecule has 0 aromatic heterocycles. The first-order chi connectivity index (χ1) is 7.60. The molecule has 0 radical (unpaired) electrons. The summed E-state index contributed by atoms with van der Waals surface area (Å²) in [6.07, 6.45) is 6.52. The summed E-state index contributed by atoms with van der Waals surface area (Å²) in [7, 11) is 1.10. The summed E-state index contributed by atoms with van der Waals surface area (Å²) >= 11 is 0. The van der Waals surface area contributed by atoms with Gasteiger partial charge in [0.2, 0.25) is 0 Å². The Kier molecular flexibility index (Phi) is 5.39. The first-order valence-corrected chi connectivity index (χ1v) is 6.14. The van der Waals surface area contributed by atoms with Gasteiger partial charge >= 0.3 is 6.11 Å². The van der Waals surface area contributed by atoms with Crippen LogP contribution in [0, 0.1) is 11.8 Å². The molecule has 16 heavy (non-hydrogen) atoms. The summed E-state index contributed by atoms with van der Waals surface area (Å²) in [5.74, 6) is 0.0515. The number of hydrogen-bond acceptors (Lipinski definition) is 1. The predicted octanol–water partition coefficient (Wildman–Crippen LogP) is 4.39. The normalized spacial score (nSPS) is 27.5. The minimum Gasteiger partial charge on any atom is -0.324 e. The number of rotatable bonds is 5. The van der Waals surface area contributed by atoms with Crippen LogP contribution >= 0.6 is 0 Å². The van der Waals surface area contributed by atoms with Gasteiger partial charge < -0.3 is 4.74 Å². The molecular weight excluding hydrogens is 210 g/mol. The lowest BCUT2D eigenvalue weighted by atomic mass is 9.79.